The lowest BCUT2D eigenvalue weighted by molar-refractivity contribution is 0.100. The van der Waals surface area contributed by atoms with Crippen molar-refractivity contribution in [3.8, 4) is 0 Å². The molecule has 0 saturated carbocycles. The lowest BCUT2D eigenvalue weighted by atomic mass is 10.1. The molecule has 0 atom stereocenters. The highest BCUT2D eigenvalue weighted by Crippen LogP contribution is 2.26. The molecule has 0 bridgehead atoms. The molecule has 0 spiro atoms. The topological polar surface area (TPSA) is 92.9 Å². The summed E-state index contributed by atoms with van der Waals surface area (Å²) in [4.78, 5) is 19.8. The first kappa shape index (κ1) is 17.9. The molecule has 128 valence electrons. The van der Waals surface area contributed by atoms with Gasteiger partial charge in [-0.05, 0) is 24.6 Å². The number of carbonyl (C=O) groups is 1. The van der Waals surface area contributed by atoms with Gasteiger partial charge in [0.25, 0.3) is 5.91 Å². The average molecular weight is 352 g/mol. The summed E-state index contributed by atoms with van der Waals surface area (Å²) in [5.74, 6) is -0.582. The van der Waals surface area contributed by atoms with Crippen molar-refractivity contribution in [1.82, 2.24) is 9.97 Å². The van der Waals surface area contributed by atoms with Crippen LogP contribution < -0.4 is 16.4 Å². The Labute approximate surface area is 144 Å². The van der Waals surface area contributed by atoms with Crippen LogP contribution >= 0.6 is 11.6 Å². The normalized spacial score (nSPS) is 10.5. The molecular weight excluding hydrogens is 333 g/mol. The molecule has 0 fully saturated rings. The number of rotatable bonds is 8. The van der Waals surface area contributed by atoms with Crippen LogP contribution in [0, 0.1) is 5.82 Å². The first-order valence-corrected chi connectivity index (χ1v) is 8.02. The second-order valence-electron chi connectivity index (χ2n) is 5.20. The molecule has 2 aromatic rings. The van der Waals surface area contributed by atoms with Crippen LogP contribution in [-0.2, 0) is 0 Å². The van der Waals surface area contributed by atoms with Gasteiger partial charge >= 0.3 is 0 Å². The molecule has 0 aliphatic heterocycles. The lowest BCUT2D eigenvalue weighted by Gasteiger charge is -2.12. The van der Waals surface area contributed by atoms with Gasteiger partial charge in [-0.15, -0.1) is 0 Å². The molecular formula is C16H19ClFN5O. The third kappa shape index (κ3) is 4.79. The van der Waals surface area contributed by atoms with Gasteiger partial charge in [0.1, 0.15) is 10.8 Å². The van der Waals surface area contributed by atoms with E-state index in [2.05, 4.69) is 27.5 Å². The first-order valence-electron chi connectivity index (χ1n) is 7.64. The molecule has 2 rings (SSSR count). The number of nitrogens with zero attached hydrogens (tertiary/aromatic N) is 2. The van der Waals surface area contributed by atoms with Crippen LogP contribution in [0.25, 0.3) is 0 Å². The van der Waals surface area contributed by atoms with E-state index in [0.29, 0.717) is 17.5 Å². The molecule has 1 heterocycles. The monoisotopic (exact) mass is 351 g/mol. The predicted molar refractivity (Wildman–Crippen MR) is 93.3 cm³/mol. The zero-order chi connectivity index (χ0) is 17.5. The van der Waals surface area contributed by atoms with E-state index in [1.165, 1.54) is 18.3 Å². The fourth-order valence-electron chi connectivity index (χ4n) is 2.07. The highest BCUT2D eigenvalue weighted by atomic mass is 35.5. The van der Waals surface area contributed by atoms with Crippen LogP contribution in [0.5, 0.6) is 0 Å². The number of halogens is 2. The Balaban J connectivity index is 2.19. The number of benzene rings is 1. The zero-order valence-corrected chi connectivity index (χ0v) is 14.0. The molecule has 0 aliphatic rings. The molecule has 0 unspecified atom stereocenters. The smallest absolute Gasteiger partial charge is 0.250 e. The van der Waals surface area contributed by atoms with Gasteiger partial charge in [0, 0.05) is 6.54 Å². The summed E-state index contributed by atoms with van der Waals surface area (Å²) in [6.45, 7) is 2.87. The quantitative estimate of drug-likeness (QED) is 0.630. The molecule has 8 heteroatoms. The molecule has 1 amide bonds. The van der Waals surface area contributed by atoms with Crippen molar-refractivity contribution in [2.24, 2.45) is 5.73 Å². The van der Waals surface area contributed by atoms with E-state index in [1.54, 1.807) is 0 Å². The van der Waals surface area contributed by atoms with Gasteiger partial charge in [-0.2, -0.15) is 4.98 Å². The minimum atomic E-state index is -0.750. The summed E-state index contributed by atoms with van der Waals surface area (Å²) < 4.78 is 13.3. The number of carbonyl (C=O) groups excluding carboxylic acids is 1. The molecule has 1 aromatic carbocycles. The van der Waals surface area contributed by atoms with Gasteiger partial charge in [-0.3, -0.25) is 4.79 Å². The standard InChI is InChI=1S/C16H19ClFN5O/c1-2-3-4-7-20-16-21-9-12(17)15(23-16)22-13-6-5-10(18)8-11(13)14(19)24/h5-6,8-9H,2-4,7H2,1H3,(H2,19,24)(H2,20,21,22,23). The second-order valence-corrected chi connectivity index (χ2v) is 5.61. The van der Waals surface area contributed by atoms with Crippen LogP contribution in [0.2, 0.25) is 5.02 Å². The second kappa shape index (κ2) is 8.44. The van der Waals surface area contributed by atoms with E-state index in [0.717, 1.165) is 31.9 Å². The minimum Gasteiger partial charge on any atom is -0.366 e. The summed E-state index contributed by atoms with van der Waals surface area (Å²) in [7, 11) is 0. The number of nitrogens with two attached hydrogens (primary N) is 1. The Morgan fingerprint density at radius 3 is 2.88 bits per heavy atom. The lowest BCUT2D eigenvalue weighted by Crippen LogP contribution is -2.14. The van der Waals surface area contributed by atoms with E-state index in [1.807, 2.05) is 0 Å². The Morgan fingerprint density at radius 1 is 1.38 bits per heavy atom. The summed E-state index contributed by atoms with van der Waals surface area (Å²) in [6.07, 6.45) is 4.70. The van der Waals surface area contributed by atoms with E-state index in [4.69, 9.17) is 17.3 Å². The maximum Gasteiger partial charge on any atom is 0.250 e. The van der Waals surface area contributed by atoms with Crippen molar-refractivity contribution in [2.75, 3.05) is 17.2 Å². The Hall–Kier alpha value is -2.41. The number of unbranched alkanes of at least 4 members (excludes halogenated alkanes) is 2. The SMILES string of the molecule is CCCCCNc1ncc(Cl)c(Nc2ccc(F)cc2C(N)=O)n1. The number of hydrogen-bond acceptors (Lipinski definition) is 5. The molecule has 6 nitrogen and oxygen atoms in total. The van der Waals surface area contributed by atoms with Crippen molar-refractivity contribution >= 4 is 35.0 Å². The Kier molecular flexibility index (Phi) is 6.31. The average Bonchev–Trinajstić information content (AvgIpc) is 2.55. The highest BCUT2D eigenvalue weighted by molar-refractivity contribution is 6.33. The molecule has 0 radical (unpaired) electrons. The van der Waals surface area contributed by atoms with Gasteiger partial charge in [0.15, 0.2) is 5.82 Å². The van der Waals surface area contributed by atoms with E-state index >= 15 is 0 Å². The van der Waals surface area contributed by atoms with Crippen molar-refractivity contribution in [3.05, 3.63) is 40.8 Å². The number of amides is 1. The van der Waals surface area contributed by atoms with Crippen LogP contribution in [-0.4, -0.2) is 22.4 Å². The fourth-order valence-corrected chi connectivity index (χ4v) is 2.21. The van der Waals surface area contributed by atoms with Crippen LogP contribution in [0.3, 0.4) is 0 Å². The van der Waals surface area contributed by atoms with Crippen molar-refractivity contribution < 1.29 is 9.18 Å². The molecule has 4 N–H and O–H groups in total. The Morgan fingerprint density at radius 2 is 2.17 bits per heavy atom. The summed E-state index contributed by atoms with van der Waals surface area (Å²) in [6, 6.07) is 3.68. The van der Waals surface area contributed by atoms with Crippen molar-refractivity contribution in [3.63, 3.8) is 0 Å². The molecule has 24 heavy (non-hydrogen) atoms. The highest BCUT2D eigenvalue weighted by Gasteiger charge is 2.13. The number of primary amides is 1. The van der Waals surface area contributed by atoms with E-state index < -0.39 is 11.7 Å². The minimum absolute atomic E-state index is 0.0159. The third-order valence-electron chi connectivity index (χ3n) is 3.31. The number of anilines is 3. The summed E-state index contributed by atoms with van der Waals surface area (Å²) in [5, 5.41) is 6.28. The number of nitrogens with one attached hydrogen (secondary N) is 2. The maximum atomic E-state index is 13.3. The molecule has 0 aliphatic carbocycles. The maximum absolute atomic E-state index is 13.3. The van der Waals surface area contributed by atoms with E-state index in [9.17, 15) is 9.18 Å². The third-order valence-corrected chi connectivity index (χ3v) is 3.58. The number of aromatic nitrogens is 2. The van der Waals surface area contributed by atoms with Crippen LogP contribution in [0.15, 0.2) is 24.4 Å². The van der Waals surface area contributed by atoms with Gasteiger partial charge in [-0.1, -0.05) is 31.4 Å². The van der Waals surface area contributed by atoms with Gasteiger partial charge in [0.2, 0.25) is 5.95 Å². The predicted octanol–water partition coefficient (Wildman–Crippen LogP) is 3.71. The largest absolute Gasteiger partial charge is 0.366 e. The zero-order valence-electron chi connectivity index (χ0n) is 13.3. The van der Waals surface area contributed by atoms with Crippen molar-refractivity contribution in [2.45, 2.75) is 26.2 Å². The van der Waals surface area contributed by atoms with Gasteiger partial charge in [-0.25, -0.2) is 9.37 Å². The molecule has 1 aromatic heterocycles. The summed E-state index contributed by atoms with van der Waals surface area (Å²) in [5.41, 5.74) is 5.61. The van der Waals surface area contributed by atoms with Gasteiger partial charge < -0.3 is 16.4 Å². The van der Waals surface area contributed by atoms with Crippen molar-refractivity contribution in [1.29, 1.82) is 0 Å². The first-order chi connectivity index (χ1) is 11.5. The van der Waals surface area contributed by atoms with E-state index in [-0.39, 0.29) is 10.6 Å². The molecule has 0 saturated heterocycles. The summed E-state index contributed by atoms with van der Waals surface area (Å²) >= 11 is 6.09. The van der Waals surface area contributed by atoms with Crippen LogP contribution in [0.1, 0.15) is 36.5 Å². The van der Waals surface area contributed by atoms with Crippen LogP contribution in [0.4, 0.5) is 21.8 Å². The number of hydrogen-bond donors (Lipinski definition) is 3. The van der Waals surface area contributed by atoms with Gasteiger partial charge in [0.05, 0.1) is 17.4 Å². The fraction of sp³-hybridized carbons (Fsp3) is 0.312. The Bertz CT molecular complexity index is 726.